The van der Waals surface area contributed by atoms with E-state index in [1.165, 1.54) is 11.3 Å². The molecular weight excluding hydrogens is 288 g/mol. The first-order valence-corrected chi connectivity index (χ1v) is 7.67. The summed E-state index contributed by atoms with van der Waals surface area (Å²) < 4.78 is 0. The third kappa shape index (κ3) is 3.57. The van der Waals surface area contributed by atoms with Gasteiger partial charge in [0.15, 0.2) is 5.69 Å². The van der Waals surface area contributed by atoms with Crippen LogP contribution in [-0.4, -0.2) is 26.3 Å². The number of carbonyl (C=O) groups excluding carboxylic acids is 1. The third-order valence-corrected chi connectivity index (χ3v) is 3.76. The second-order valence-corrected chi connectivity index (χ2v) is 6.67. The fourth-order valence-corrected chi connectivity index (χ4v) is 2.82. The first-order valence-electron chi connectivity index (χ1n) is 6.86. The topological polar surface area (TPSA) is 110 Å². The summed E-state index contributed by atoms with van der Waals surface area (Å²) in [6.07, 6.45) is 0.843. The molecular formula is C13H20N6OS. The number of rotatable bonds is 5. The summed E-state index contributed by atoms with van der Waals surface area (Å²) in [4.78, 5) is 12.2. The Morgan fingerprint density at radius 1 is 1.33 bits per heavy atom. The zero-order valence-corrected chi connectivity index (χ0v) is 13.4. The number of amides is 1. The summed E-state index contributed by atoms with van der Waals surface area (Å²) >= 11 is 1.37. The number of nitrogens with two attached hydrogens (primary N) is 1. The van der Waals surface area contributed by atoms with Crippen molar-refractivity contribution in [2.24, 2.45) is 5.92 Å². The molecule has 2 aromatic heterocycles. The van der Waals surface area contributed by atoms with Crippen molar-refractivity contribution in [3.05, 3.63) is 16.4 Å². The van der Waals surface area contributed by atoms with Crippen molar-refractivity contribution >= 4 is 28.1 Å². The van der Waals surface area contributed by atoms with E-state index in [9.17, 15) is 4.79 Å². The molecule has 0 aliphatic carbocycles. The number of anilines is 2. The molecule has 4 N–H and O–H groups in total. The Morgan fingerprint density at radius 3 is 2.62 bits per heavy atom. The number of H-pyrrole nitrogens is 1. The smallest absolute Gasteiger partial charge is 0.280 e. The normalized spacial score (nSPS) is 11.3. The molecule has 114 valence electrons. The van der Waals surface area contributed by atoms with Crippen LogP contribution in [-0.2, 0) is 6.42 Å². The number of hydrogen-bond donors (Lipinski definition) is 3. The van der Waals surface area contributed by atoms with Gasteiger partial charge in [0.1, 0.15) is 5.01 Å². The van der Waals surface area contributed by atoms with Crippen LogP contribution in [0, 0.1) is 5.92 Å². The van der Waals surface area contributed by atoms with Crippen LogP contribution in [0.4, 0.5) is 10.8 Å². The maximum atomic E-state index is 12.2. The van der Waals surface area contributed by atoms with Gasteiger partial charge < -0.3 is 5.73 Å². The van der Waals surface area contributed by atoms with Crippen LogP contribution < -0.4 is 11.1 Å². The molecule has 2 rings (SSSR count). The molecule has 1 amide bonds. The van der Waals surface area contributed by atoms with Gasteiger partial charge in [-0.15, -0.1) is 10.2 Å². The highest BCUT2D eigenvalue weighted by Gasteiger charge is 2.20. The van der Waals surface area contributed by atoms with Crippen LogP contribution in [0.2, 0.25) is 0 Å². The van der Waals surface area contributed by atoms with E-state index >= 15 is 0 Å². The molecule has 0 spiro atoms. The van der Waals surface area contributed by atoms with Gasteiger partial charge in [0.05, 0.1) is 11.4 Å². The van der Waals surface area contributed by atoms with Gasteiger partial charge in [-0.05, 0) is 11.8 Å². The molecule has 7 nitrogen and oxygen atoms in total. The van der Waals surface area contributed by atoms with Crippen LogP contribution in [0.5, 0.6) is 0 Å². The highest BCUT2D eigenvalue weighted by Crippen LogP contribution is 2.24. The van der Waals surface area contributed by atoms with E-state index < -0.39 is 0 Å². The second-order valence-electron chi connectivity index (χ2n) is 5.61. The van der Waals surface area contributed by atoms with Gasteiger partial charge in [-0.25, -0.2) is 0 Å². The van der Waals surface area contributed by atoms with Gasteiger partial charge in [0.2, 0.25) is 5.13 Å². The fourth-order valence-electron chi connectivity index (χ4n) is 1.87. The number of aromatic nitrogens is 4. The van der Waals surface area contributed by atoms with Crippen molar-refractivity contribution in [3.8, 4) is 0 Å². The predicted octanol–water partition coefficient (Wildman–Crippen LogP) is 2.42. The zero-order chi connectivity index (χ0) is 15.6. The SMILES string of the molecule is CC(C)Cc1nnc(NC(=O)c2n[nH]c(C(C)C)c2N)s1. The lowest BCUT2D eigenvalue weighted by atomic mass is 10.1. The predicted molar refractivity (Wildman–Crippen MR) is 83.5 cm³/mol. The number of carbonyl (C=O) groups is 1. The van der Waals surface area contributed by atoms with Gasteiger partial charge >= 0.3 is 0 Å². The van der Waals surface area contributed by atoms with Crippen LogP contribution in [0.25, 0.3) is 0 Å². The molecule has 21 heavy (non-hydrogen) atoms. The Kier molecular flexibility index (Phi) is 4.56. The maximum Gasteiger partial charge on any atom is 0.280 e. The molecule has 0 fully saturated rings. The second kappa shape index (κ2) is 6.21. The first-order chi connectivity index (χ1) is 9.88. The lowest BCUT2D eigenvalue weighted by Gasteiger charge is -2.02. The monoisotopic (exact) mass is 308 g/mol. The highest BCUT2D eigenvalue weighted by molar-refractivity contribution is 7.15. The molecule has 0 aliphatic rings. The molecule has 0 saturated carbocycles. The molecule has 0 saturated heterocycles. The van der Waals surface area contributed by atoms with E-state index in [2.05, 4.69) is 39.6 Å². The molecule has 0 bridgehead atoms. The summed E-state index contributed by atoms with van der Waals surface area (Å²) in [7, 11) is 0. The Hall–Kier alpha value is -1.96. The molecule has 8 heteroatoms. The minimum absolute atomic E-state index is 0.179. The number of nitrogen functional groups attached to an aromatic ring is 1. The molecule has 0 aliphatic heterocycles. The summed E-state index contributed by atoms with van der Waals surface area (Å²) in [6.45, 7) is 8.18. The van der Waals surface area contributed by atoms with Crippen molar-refractivity contribution in [1.82, 2.24) is 20.4 Å². The minimum Gasteiger partial charge on any atom is -0.395 e. The van der Waals surface area contributed by atoms with Crippen LogP contribution in [0.1, 0.15) is 54.8 Å². The lowest BCUT2D eigenvalue weighted by Crippen LogP contribution is -2.14. The molecule has 0 unspecified atom stereocenters. The third-order valence-electron chi connectivity index (χ3n) is 2.90. The van der Waals surface area contributed by atoms with E-state index in [0.717, 1.165) is 17.1 Å². The van der Waals surface area contributed by atoms with Crippen LogP contribution in [0.15, 0.2) is 0 Å². The van der Waals surface area contributed by atoms with E-state index in [1.807, 2.05) is 13.8 Å². The van der Waals surface area contributed by atoms with Crippen molar-refractivity contribution in [1.29, 1.82) is 0 Å². The largest absolute Gasteiger partial charge is 0.395 e. The first kappa shape index (κ1) is 15.4. The Labute approximate surface area is 127 Å². The maximum absolute atomic E-state index is 12.2. The molecule has 2 heterocycles. The Balaban J connectivity index is 2.09. The molecule has 0 atom stereocenters. The fraction of sp³-hybridized carbons (Fsp3) is 0.538. The van der Waals surface area contributed by atoms with Gasteiger partial charge in [0.25, 0.3) is 5.91 Å². The molecule has 0 radical (unpaired) electrons. The Morgan fingerprint density at radius 2 is 2.05 bits per heavy atom. The number of nitrogens with one attached hydrogen (secondary N) is 2. The zero-order valence-electron chi connectivity index (χ0n) is 12.6. The number of aromatic amines is 1. The van der Waals surface area contributed by atoms with Crippen molar-refractivity contribution in [2.75, 3.05) is 11.1 Å². The lowest BCUT2D eigenvalue weighted by molar-refractivity contribution is 0.102. The summed E-state index contributed by atoms with van der Waals surface area (Å²) in [5.41, 5.74) is 7.28. The van der Waals surface area contributed by atoms with Crippen molar-refractivity contribution in [3.63, 3.8) is 0 Å². The quantitative estimate of drug-likeness (QED) is 0.785. The molecule has 2 aromatic rings. The van der Waals surface area contributed by atoms with Crippen LogP contribution in [0.3, 0.4) is 0 Å². The number of hydrogen-bond acceptors (Lipinski definition) is 6. The molecule has 0 aromatic carbocycles. The van der Waals surface area contributed by atoms with E-state index in [4.69, 9.17) is 5.73 Å². The minimum atomic E-state index is -0.372. The Bertz CT molecular complexity index is 630. The summed E-state index contributed by atoms with van der Waals surface area (Å²) in [5.74, 6) is 0.304. The highest BCUT2D eigenvalue weighted by atomic mass is 32.1. The summed E-state index contributed by atoms with van der Waals surface area (Å²) in [6, 6.07) is 0. The van der Waals surface area contributed by atoms with Gasteiger partial charge in [0, 0.05) is 6.42 Å². The van der Waals surface area contributed by atoms with Gasteiger partial charge in [-0.1, -0.05) is 39.0 Å². The standard InChI is InChI=1S/C13H20N6OS/c1-6(2)5-8-16-19-13(21-8)15-12(20)11-9(14)10(7(3)4)17-18-11/h6-7H,5,14H2,1-4H3,(H,17,18)(H,15,19,20). The van der Waals surface area contributed by atoms with Gasteiger partial charge in [-0.2, -0.15) is 5.10 Å². The van der Waals surface area contributed by atoms with Gasteiger partial charge in [-0.3, -0.25) is 15.2 Å². The average molecular weight is 308 g/mol. The average Bonchev–Trinajstić information content (AvgIpc) is 2.95. The van der Waals surface area contributed by atoms with Crippen molar-refractivity contribution < 1.29 is 4.79 Å². The van der Waals surface area contributed by atoms with Crippen molar-refractivity contribution in [2.45, 2.75) is 40.0 Å². The van der Waals surface area contributed by atoms with E-state index in [1.54, 1.807) is 0 Å². The van der Waals surface area contributed by atoms with Crippen LogP contribution >= 0.6 is 11.3 Å². The van der Waals surface area contributed by atoms with E-state index in [0.29, 0.717) is 16.7 Å². The number of nitrogens with zero attached hydrogens (tertiary/aromatic N) is 3. The summed E-state index contributed by atoms with van der Waals surface area (Å²) in [5, 5.41) is 18.9. The van der Waals surface area contributed by atoms with E-state index in [-0.39, 0.29) is 17.5 Å².